The van der Waals surface area contributed by atoms with E-state index in [1.165, 1.54) is 24.3 Å². The van der Waals surface area contributed by atoms with Gasteiger partial charge >= 0.3 is 0 Å². The number of hydrogen-bond acceptors (Lipinski definition) is 5. The number of sulfone groups is 1. The molecule has 3 aromatic rings. The first-order valence-electron chi connectivity index (χ1n) is 9.38. The van der Waals surface area contributed by atoms with Gasteiger partial charge in [-0.2, -0.15) is 4.98 Å². The summed E-state index contributed by atoms with van der Waals surface area (Å²) in [6.07, 6.45) is 4.07. The summed E-state index contributed by atoms with van der Waals surface area (Å²) in [4.78, 5) is 6.31. The van der Waals surface area contributed by atoms with Crippen LogP contribution in [-0.4, -0.2) is 26.5 Å². The van der Waals surface area contributed by atoms with Crippen molar-refractivity contribution in [3.8, 4) is 11.5 Å². The Morgan fingerprint density at radius 2 is 1.54 bits per heavy atom. The smallest absolute Gasteiger partial charge is 0.236 e. The monoisotopic (exact) mass is 400 g/mol. The largest absolute Gasteiger partial charge is 0.419 e. The molecular formula is C21H21FN2O3S. The van der Waals surface area contributed by atoms with Gasteiger partial charge in [-0.25, -0.2) is 12.8 Å². The molecule has 0 unspecified atom stereocenters. The predicted octanol–water partition coefficient (Wildman–Crippen LogP) is 4.69. The molecule has 0 spiro atoms. The Kier molecular flexibility index (Phi) is 5.17. The van der Waals surface area contributed by atoms with Crippen molar-refractivity contribution >= 4 is 15.7 Å². The summed E-state index contributed by atoms with van der Waals surface area (Å²) < 4.78 is 46.7. The predicted molar refractivity (Wildman–Crippen MR) is 104 cm³/mol. The van der Waals surface area contributed by atoms with E-state index in [2.05, 4.69) is 4.98 Å². The summed E-state index contributed by atoms with van der Waals surface area (Å²) >= 11 is 0. The molecular weight excluding hydrogens is 379 g/mol. The molecule has 2 aromatic carbocycles. The van der Waals surface area contributed by atoms with Crippen LogP contribution in [0.3, 0.4) is 0 Å². The van der Waals surface area contributed by atoms with E-state index < -0.39 is 15.7 Å². The molecule has 0 aliphatic carbocycles. The molecule has 1 saturated heterocycles. The van der Waals surface area contributed by atoms with E-state index in [9.17, 15) is 12.8 Å². The second-order valence-corrected chi connectivity index (χ2v) is 8.69. The Balaban J connectivity index is 1.87. The van der Waals surface area contributed by atoms with Crippen molar-refractivity contribution in [3.63, 3.8) is 0 Å². The van der Waals surface area contributed by atoms with Gasteiger partial charge in [0.05, 0.1) is 10.5 Å². The van der Waals surface area contributed by atoms with Crippen LogP contribution >= 0.6 is 0 Å². The van der Waals surface area contributed by atoms with Crippen LogP contribution < -0.4 is 4.90 Å². The first-order valence-corrected chi connectivity index (χ1v) is 10.9. The van der Waals surface area contributed by atoms with E-state index in [-0.39, 0.29) is 27.3 Å². The highest BCUT2D eigenvalue weighted by Gasteiger charge is 2.32. The average Bonchev–Trinajstić information content (AvgIpc) is 2.98. The fourth-order valence-electron chi connectivity index (χ4n) is 3.41. The maximum atomic E-state index is 14.3. The van der Waals surface area contributed by atoms with E-state index >= 15 is 0 Å². The van der Waals surface area contributed by atoms with Crippen LogP contribution in [0.4, 0.5) is 10.3 Å². The summed E-state index contributed by atoms with van der Waals surface area (Å²) in [6, 6.07) is 14.2. The maximum Gasteiger partial charge on any atom is 0.236 e. The Labute approximate surface area is 163 Å². The zero-order chi connectivity index (χ0) is 19.6. The third-order valence-electron chi connectivity index (χ3n) is 4.88. The number of benzene rings is 2. The highest BCUT2D eigenvalue weighted by atomic mass is 32.2. The number of hydrogen-bond donors (Lipinski definition) is 0. The van der Waals surface area contributed by atoms with Gasteiger partial charge in [-0.3, -0.25) is 0 Å². The highest BCUT2D eigenvalue weighted by molar-refractivity contribution is 7.91. The number of rotatable bonds is 4. The highest BCUT2D eigenvalue weighted by Crippen LogP contribution is 2.36. The van der Waals surface area contributed by atoms with E-state index in [0.29, 0.717) is 13.1 Å². The molecule has 1 aliphatic heterocycles. The molecule has 146 valence electrons. The number of anilines is 1. The molecule has 0 amide bonds. The minimum Gasteiger partial charge on any atom is -0.419 e. The van der Waals surface area contributed by atoms with Crippen LogP contribution in [0.5, 0.6) is 0 Å². The van der Waals surface area contributed by atoms with Crippen molar-refractivity contribution in [1.29, 1.82) is 0 Å². The summed E-state index contributed by atoms with van der Waals surface area (Å²) in [6.45, 7) is 1.37. The summed E-state index contributed by atoms with van der Waals surface area (Å²) in [5.74, 6) is -0.328. The van der Waals surface area contributed by atoms with Crippen molar-refractivity contribution in [2.75, 3.05) is 18.0 Å². The van der Waals surface area contributed by atoms with Crippen molar-refractivity contribution in [2.45, 2.75) is 35.6 Å². The average molecular weight is 400 g/mol. The minimum atomic E-state index is -3.90. The molecule has 0 N–H and O–H groups in total. The van der Waals surface area contributed by atoms with Crippen LogP contribution in [0.1, 0.15) is 25.7 Å². The molecule has 2 heterocycles. The first kappa shape index (κ1) is 18.7. The van der Waals surface area contributed by atoms with Crippen LogP contribution in [0, 0.1) is 5.82 Å². The fraction of sp³-hybridized carbons (Fsp3) is 0.286. The first-order chi connectivity index (χ1) is 13.6. The third-order valence-corrected chi connectivity index (χ3v) is 6.55. The Morgan fingerprint density at radius 1 is 0.893 bits per heavy atom. The van der Waals surface area contributed by atoms with Gasteiger partial charge in [-0.1, -0.05) is 43.2 Å². The van der Waals surface area contributed by atoms with Crippen LogP contribution in [0.25, 0.3) is 11.5 Å². The number of halogens is 1. The lowest BCUT2D eigenvalue weighted by molar-refractivity contribution is 0.537. The van der Waals surface area contributed by atoms with Gasteiger partial charge < -0.3 is 9.32 Å². The molecule has 1 fully saturated rings. The molecule has 0 atom stereocenters. The van der Waals surface area contributed by atoms with Crippen molar-refractivity contribution < 1.29 is 17.2 Å². The van der Waals surface area contributed by atoms with Gasteiger partial charge in [0.1, 0.15) is 5.82 Å². The van der Waals surface area contributed by atoms with E-state index in [1.54, 1.807) is 30.3 Å². The Bertz CT molecular complexity index is 1060. The standard InChI is InChI=1S/C21H21FN2O3S/c22-18-13-7-6-12-17(18)19-23-20(28(25,26)16-10-4-3-5-11-16)21(27-19)24-14-8-1-2-9-15-24/h3-7,10-13H,1-2,8-9,14-15H2. The molecule has 28 heavy (non-hydrogen) atoms. The fourth-order valence-corrected chi connectivity index (χ4v) is 4.75. The molecule has 7 heteroatoms. The second-order valence-electron chi connectivity index (χ2n) is 6.83. The summed E-state index contributed by atoms with van der Waals surface area (Å²) in [5.41, 5.74) is 0.146. The molecule has 1 aromatic heterocycles. The Hall–Kier alpha value is -2.67. The summed E-state index contributed by atoms with van der Waals surface area (Å²) in [5, 5.41) is -0.154. The quantitative estimate of drug-likeness (QED) is 0.636. The topological polar surface area (TPSA) is 63.4 Å². The second kappa shape index (κ2) is 7.75. The van der Waals surface area contributed by atoms with Crippen molar-refractivity contribution in [2.24, 2.45) is 0 Å². The lowest BCUT2D eigenvalue weighted by Crippen LogP contribution is -2.25. The third kappa shape index (κ3) is 3.54. The zero-order valence-corrected chi connectivity index (χ0v) is 16.2. The van der Waals surface area contributed by atoms with Gasteiger partial charge in [-0.15, -0.1) is 0 Å². The van der Waals surface area contributed by atoms with Crippen LogP contribution in [0.15, 0.2) is 68.9 Å². The minimum absolute atomic E-state index is 0.0214. The Morgan fingerprint density at radius 3 is 2.21 bits per heavy atom. The lowest BCUT2D eigenvalue weighted by Gasteiger charge is -2.20. The number of aromatic nitrogens is 1. The molecule has 0 radical (unpaired) electrons. The van der Waals surface area contributed by atoms with Crippen molar-refractivity contribution in [3.05, 3.63) is 60.4 Å². The molecule has 0 saturated carbocycles. The summed E-state index contributed by atoms with van der Waals surface area (Å²) in [7, 11) is -3.90. The molecule has 4 rings (SSSR count). The van der Waals surface area contributed by atoms with Crippen molar-refractivity contribution in [1.82, 2.24) is 4.98 Å². The SMILES string of the molecule is O=S(=O)(c1ccccc1)c1nc(-c2ccccc2F)oc1N1CCCCCC1. The molecule has 5 nitrogen and oxygen atoms in total. The van der Waals surface area contributed by atoms with E-state index in [0.717, 1.165) is 25.7 Å². The zero-order valence-electron chi connectivity index (χ0n) is 15.3. The normalized spacial score (nSPS) is 15.4. The number of oxazole rings is 1. The number of nitrogens with zero attached hydrogens (tertiary/aromatic N) is 2. The maximum absolute atomic E-state index is 14.3. The lowest BCUT2D eigenvalue weighted by atomic mass is 10.2. The van der Waals surface area contributed by atoms with Gasteiger partial charge in [0.2, 0.25) is 26.6 Å². The van der Waals surface area contributed by atoms with E-state index in [1.807, 2.05) is 4.90 Å². The molecule has 1 aliphatic rings. The van der Waals surface area contributed by atoms with Gasteiger partial charge in [-0.05, 0) is 37.1 Å². The van der Waals surface area contributed by atoms with Crippen LogP contribution in [-0.2, 0) is 9.84 Å². The van der Waals surface area contributed by atoms with E-state index in [4.69, 9.17) is 4.42 Å². The van der Waals surface area contributed by atoms with Gasteiger partial charge in [0, 0.05) is 13.1 Å². The van der Waals surface area contributed by atoms with Gasteiger partial charge in [0.15, 0.2) is 0 Å². The van der Waals surface area contributed by atoms with Crippen LogP contribution in [0.2, 0.25) is 0 Å². The molecule has 0 bridgehead atoms. The van der Waals surface area contributed by atoms with Gasteiger partial charge in [0.25, 0.3) is 0 Å².